The van der Waals surface area contributed by atoms with Crippen molar-refractivity contribution >= 4 is 82.1 Å². The van der Waals surface area contributed by atoms with E-state index in [9.17, 15) is 0 Å². The summed E-state index contributed by atoms with van der Waals surface area (Å²) in [7, 11) is -2.65. The van der Waals surface area contributed by atoms with E-state index in [1.54, 1.807) is 0 Å². The molecule has 0 fully saturated rings. The molecule has 0 aliphatic heterocycles. The molecule has 0 spiro atoms. The molecule has 0 radical (unpaired) electrons. The zero-order valence-electron chi connectivity index (χ0n) is 31.2. The molecular formula is C54H37NSSi. The van der Waals surface area contributed by atoms with Gasteiger partial charge < -0.3 is 4.57 Å². The Hall–Kier alpha value is -6.78. The summed E-state index contributed by atoms with van der Waals surface area (Å²) in [5, 5.41) is 10.7. The smallest absolute Gasteiger partial charge is 0.179 e. The molecule has 0 amide bonds. The fraction of sp³-hybridized carbons (Fsp3) is 0. The van der Waals surface area contributed by atoms with Crippen LogP contribution in [-0.2, 0) is 0 Å². The van der Waals surface area contributed by atoms with Crippen LogP contribution in [0.4, 0.5) is 0 Å². The fourth-order valence-electron chi connectivity index (χ4n) is 9.16. The number of fused-ring (bicyclic) bond motifs is 6. The summed E-state index contributed by atoms with van der Waals surface area (Å²) in [5.41, 5.74) is 8.54. The highest BCUT2D eigenvalue weighted by molar-refractivity contribution is 7.25. The van der Waals surface area contributed by atoms with Crippen molar-refractivity contribution in [3.63, 3.8) is 0 Å². The molecule has 57 heavy (non-hydrogen) atoms. The maximum absolute atomic E-state index is 2.65. The van der Waals surface area contributed by atoms with Crippen molar-refractivity contribution in [2.24, 2.45) is 0 Å². The summed E-state index contributed by atoms with van der Waals surface area (Å²) in [6.45, 7) is 0. The topological polar surface area (TPSA) is 4.93 Å². The number of aromatic nitrogens is 1. The van der Waals surface area contributed by atoms with Gasteiger partial charge in [-0.25, -0.2) is 0 Å². The quantitative estimate of drug-likeness (QED) is 0.113. The van der Waals surface area contributed by atoms with Gasteiger partial charge in [-0.3, -0.25) is 0 Å². The van der Waals surface area contributed by atoms with Crippen molar-refractivity contribution < 1.29 is 0 Å². The van der Waals surface area contributed by atoms with Crippen molar-refractivity contribution in [3.05, 3.63) is 224 Å². The number of thiophene rings is 1. The van der Waals surface area contributed by atoms with E-state index < -0.39 is 8.07 Å². The predicted molar refractivity (Wildman–Crippen MR) is 248 cm³/mol. The number of para-hydroxylation sites is 2. The van der Waals surface area contributed by atoms with Crippen molar-refractivity contribution in [1.29, 1.82) is 0 Å². The predicted octanol–water partition coefficient (Wildman–Crippen LogP) is 11.9. The Kier molecular flexibility index (Phi) is 8.09. The van der Waals surface area contributed by atoms with Crippen LogP contribution in [0.5, 0.6) is 0 Å². The van der Waals surface area contributed by atoms with Gasteiger partial charge in [0.1, 0.15) is 0 Å². The third-order valence-corrected chi connectivity index (χ3v) is 17.7. The third kappa shape index (κ3) is 5.50. The Bertz CT molecular complexity index is 3080. The van der Waals surface area contributed by atoms with Gasteiger partial charge in [-0.1, -0.05) is 176 Å². The van der Waals surface area contributed by atoms with Crippen molar-refractivity contribution in [1.82, 2.24) is 4.57 Å². The van der Waals surface area contributed by atoms with Crippen LogP contribution >= 0.6 is 11.3 Å². The highest BCUT2D eigenvalue weighted by Crippen LogP contribution is 2.40. The summed E-state index contributed by atoms with van der Waals surface area (Å²) in [6, 6.07) is 83.4. The van der Waals surface area contributed by atoms with E-state index in [0.717, 1.165) is 0 Å². The lowest BCUT2D eigenvalue weighted by atomic mass is 9.98. The largest absolute Gasteiger partial charge is 0.309 e. The van der Waals surface area contributed by atoms with E-state index in [4.69, 9.17) is 0 Å². The Morgan fingerprint density at radius 3 is 1.32 bits per heavy atom. The molecule has 0 unspecified atom stereocenters. The van der Waals surface area contributed by atoms with Gasteiger partial charge in [0.2, 0.25) is 0 Å². The van der Waals surface area contributed by atoms with Gasteiger partial charge in [0.05, 0.1) is 11.0 Å². The van der Waals surface area contributed by atoms with Crippen LogP contribution in [-0.4, -0.2) is 12.6 Å². The van der Waals surface area contributed by atoms with Crippen molar-refractivity contribution in [2.75, 3.05) is 0 Å². The van der Waals surface area contributed by atoms with Crippen LogP contribution in [0, 0.1) is 0 Å². The van der Waals surface area contributed by atoms with Gasteiger partial charge in [0.25, 0.3) is 0 Å². The van der Waals surface area contributed by atoms with Crippen LogP contribution in [0.3, 0.4) is 0 Å². The van der Waals surface area contributed by atoms with E-state index in [1.807, 2.05) is 11.3 Å². The maximum atomic E-state index is 2.46. The zero-order chi connectivity index (χ0) is 37.8. The molecule has 0 aliphatic carbocycles. The first-order chi connectivity index (χ1) is 28.3. The number of nitrogens with zero attached hydrogens (tertiary/aromatic N) is 1. The number of rotatable bonds is 7. The molecule has 3 heteroatoms. The molecule has 0 saturated carbocycles. The first kappa shape index (κ1) is 33.5. The average Bonchev–Trinajstić information content (AvgIpc) is 3.83. The number of benzene rings is 9. The summed E-state index contributed by atoms with van der Waals surface area (Å²) < 4.78 is 5.03. The minimum absolute atomic E-state index is 1.19. The zero-order valence-corrected chi connectivity index (χ0v) is 33.0. The summed E-state index contributed by atoms with van der Waals surface area (Å²) in [6.07, 6.45) is 0. The fourth-order valence-corrected chi connectivity index (χ4v) is 15.0. The van der Waals surface area contributed by atoms with E-state index in [0.29, 0.717) is 0 Å². The van der Waals surface area contributed by atoms with Gasteiger partial charge in [0, 0.05) is 36.6 Å². The molecule has 11 rings (SSSR count). The Balaban J connectivity index is 1.03. The molecule has 1 nitrogen and oxygen atoms in total. The summed E-state index contributed by atoms with van der Waals surface area (Å²) in [5.74, 6) is 0. The molecule has 11 aromatic rings. The van der Waals surface area contributed by atoms with Gasteiger partial charge in [-0.2, -0.15) is 0 Å². The lowest BCUT2D eigenvalue weighted by Crippen LogP contribution is -2.74. The highest BCUT2D eigenvalue weighted by atomic mass is 32.1. The normalized spacial score (nSPS) is 11.9. The first-order valence-electron chi connectivity index (χ1n) is 19.6. The monoisotopic (exact) mass is 759 g/mol. The maximum Gasteiger partial charge on any atom is 0.179 e. The molecule has 0 saturated heterocycles. The second-order valence-electron chi connectivity index (χ2n) is 14.9. The summed E-state index contributed by atoms with van der Waals surface area (Å²) in [4.78, 5) is 0. The van der Waals surface area contributed by atoms with Crippen LogP contribution in [0.2, 0.25) is 0 Å². The van der Waals surface area contributed by atoms with Crippen molar-refractivity contribution in [2.45, 2.75) is 0 Å². The van der Waals surface area contributed by atoms with Crippen LogP contribution in [0.25, 0.3) is 69.9 Å². The first-order valence-corrected chi connectivity index (χ1v) is 22.4. The Morgan fingerprint density at radius 1 is 0.298 bits per heavy atom. The average molecular weight is 760 g/mol. The number of hydrogen-bond donors (Lipinski definition) is 0. The molecular weight excluding hydrogens is 723 g/mol. The molecule has 2 aromatic heterocycles. The molecule has 0 aliphatic rings. The Morgan fingerprint density at radius 2 is 0.737 bits per heavy atom. The Labute approximate surface area is 337 Å². The van der Waals surface area contributed by atoms with Gasteiger partial charge in [0.15, 0.2) is 8.07 Å². The lowest BCUT2D eigenvalue weighted by Gasteiger charge is -2.34. The van der Waals surface area contributed by atoms with E-state index in [-0.39, 0.29) is 0 Å². The molecule has 2 heterocycles. The second-order valence-corrected chi connectivity index (χ2v) is 19.8. The standard InChI is InChI=1S/C54H37NSSi/c1-4-19-43(20-5-1)57(44-21-6-2-7-22-44,45-23-8-3-9-24-45)46-25-15-18-40(35-46)38-16-14-17-39(34-38)41-30-32-53-49(36-41)50-37-42(31-33-54(50)56-53)55-51-28-12-10-26-47(51)48-27-11-13-29-52(48)55/h1-37H. The van der Waals surface area contributed by atoms with E-state index in [1.165, 1.54) is 90.7 Å². The third-order valence-electron chi connectivity index (χ3n) is 11.7. The molecule has 0 atom stereocenters. The van der Waals surface area contributed by atoms with Gasteiger partial charge >= 0.3 is 0 Å². The molecule has 9 aromatic carbocycles. The SMILES string of the molecule is c1ccc([Si](c2ccccc2)(c2ccccc2)c2cccc(-c3cccc(-c4ccc5sc6ccc(-n7c8ccccc8c8ccccc87)cc6c5c4)c3)c2)cc1. The summed E-state index contributed by atoms with van der Waals surface area (Å²) >= 11 is 1.87. The van der Waals surface area contributed by atoms with Gasteiger partial charge in [-0.05, 0) is 91.5 Å². The van der Waals surface area contributed by atoms with Crippen LogP contribution in [0.1, 0.15) is 0 Å². The molecule has 268 valence electrons. The molecule has 0 N–H and O–H groups in total. The van der Waals surface area contributed by atoms with E-state index in [2.05, 4.69) is 229 Å². The lowest BCUT2D eigenvalue weighted by molar-refractivity contribution is 1.19. The van der Waals surface area contributed by atoms with Crippen LogP contribution < -0.4 is 20.7 Å². The minimum Gasteiger partial charge on any atom is -0.309 e. The highest BCUT2D eigenvalue weighted by Gasteiger charge is 2.41. The second kappa shape index (κ2) is 13.8. The van der Waals surface area contributed by atoms with E-state index >= 15 is 0 Å². The number of hydrogen-bond acceptors (Lipinski definition) is 1. The van der Waals surface area contributed by atoms with Crippen LogP contribution in [0.15, 0.2) is 224 Å². The van der Waals surface area contributed by atoms with Crippen molar-refractivity contribution in [3.8, 4) is 27.9 Å². The van der Waals surface area contributed by atoms with Gasteiger partial charge in [-0.15, -0.1) is 11.3 Å². The minimum atomic E-state index is -2.65. The molecule has 0 bridgehead atoms.